The lowest BCUT2D eigenvalue weighted by Gasteiger charge is -2.30. The van der Waals surface area contributed by atoms with Crippen molar-refractivity contribution in [3.63, 3.8) is 0 Å². The van der Waals surface area contributed by atoms with E-state index < -0.39 is 10.0 Å². The summed E-state index contributed by atoms with van der Waals surface area (Å²) < 4.78 is 33.9. The number of thiophene rings is 1. The Labute approximate surface area is 196 Å². The van der Waals surface area contributed by atoms with Crippen LogP contribution in [0.15, 0.2) is 64.9 Å². The maximum atomic E-state index is 13.0. The summed E-state index contributed by atoms with van der Waals surface area (Å²) in [7, 11) is -3.87. The monoisotopic (exact) mass is 491 g/mol. The minimum absolute atomic E-state index is 0.0517. The van der Waals surface area contributed by atoms with E-state index in [9.17, 15) is 13.2 Å². The van der Waals surface area contributed by atoms with Gasteiger partial charge in [0, 0.05) is 28.7 Å². The number of hydrogen-bond donors (Lipinski definition) is 2. The molecule has 168 valence electrons. The minimum Gasteiger partial charge on any atom is -0.378 e. The van der Waals surface area contributed by atoms with Gasteiger partial charge in [0.25, 0.3) is 10.0 Å². The Morgan fingerprint density at radius 1 is 1.09 bits per heavy atom. The highest BCUT2D eigenvalue weighted by Crippen LogP contribution is 2.31. The molecule has 1 aliphatic heterocycles. The largest absolute Gasteiger partial charge is 0.378 e. The number of amides is 1. The second-order valence-electron chi connectivity index (χ2n) is 7.20. The molecule has 32 heavy (non-hydrogen) atoms. The van der Waals surface area contributed by atoms with E-state index in [-0.39, 0.29) is 17.2 Å². The summed E-state index contributed by atoms with van der Waals surface area (Å²) in [6.07, 6.45) is 0.222. The Balaban J connectivity index is 1.62. The van der Waals surface area contributed by atoms with Crippen LogP contribution < -0.4 is 14.9 Å². The van der Waals surface area contributed by atoms with Crippen molar-refractivity contribution in [2.45, 2.75) is 11.3 Å². The fraction of sp³-hybridized carbons (Fsp3) is 0.227. The van der Waals surface area contributed by atoms with Crippen molar-refractivity contribution in [2.24, 2.45) is 0 Å². The molecule has 0 atom stereocenters. The third-order valence-corrected chi connectivity index (χ3v) is 7.42. The van der Waals surface area contributed by atoms with Gasteiger partial charge in [-0.15, -0.1) is 11.3 Å². The van der Waals surface area contributed by atoms with Gasteiger partial charge in [-0.05, 0) is 53.9 Å². The van der Waals surface area contributed by atoms with Crippen LogP contribution >= 0.6 is 22.9 Å². The number of halogens is 1. The molecule has 1 fully saturated rings. The van der Waals surface area contributed by atoms with Gasteiger partial charge in [0.1, 0.15) is 0 Å². The lowest BCUT2D eigenvalue weighted by atomic mass is 10.2. The lowest BCUT2D eigenvalue weighted by molar-refractivity contribution is -0.115. The molecule has 1 saturated heterocycles. The molecule has 1 aromatic heterocycles. The Bertz CT molecular complexity index is 1180. The number of anilines is 3. The number of sulfonamides is 1. The van der Waals surface area contributed by atoms with Gasteiger partial charge >= 0.3 is 0 Å². The van der Waals surface area contributed by atoms with Gasteiger partial charge in [-0.3, -0.25) is 9.52 Å². The molecule has 2 heterocycles. The third-order valence-electron chi connectivity index (χ3n) is 4.92. The first-order chi connectivity index (χ1) is 15.4. The van der Waals surface area contributed by atoms with Crippen LogP contribution in [0.3, 0.4) is 0 Å². The smallest absolute Gasteiger partial charge is 0.261 e. The average Bonchev–Trinajstić information content (AvgIpc) is 3.28. The fourth-order valence-electron chi connectivity index (χ4n) is 3.36. The van der Waals surface area contributed by atoms with E-state index in [1.807, 2.05) is 17.5 Å². The number of ether oxygens (including phenoxy) is 1. The summed E-state index contributed by atoms with van der Waals surface area (Å²) in [5.74, 6) is -0.206. The van der Waals surface area contributed by atoms with Crippen molar-refractivity contribution in [2.75, 3.05) is 41.2 Å². The van der Waals surface area contributed by atoms with Gasteiger partial charge < -0.3 is 15.0 Å². The van der Waals surface area contributed by atoms with Crippen LogP contribution in [0.5, 0.6) is 0 Å². The van der Waals surface area contributed by atoms with Crippen LogP contribution in [0.4, 0.5) is 17.1 Å². The van der Waals surface area contributed by atoms with Crippen LogP contribution in [0.2, 0.25) is 5.02 Å². The van der Waals surface area contributed by atoms with E-state index in [0.29, 0.717) is 42.7 Å². The number of benzene rings is 2. The van der Waals surface area contributed by atoms with Crippen LogP contribution in [0, 0.1) is 0 Å². The predicted octanol–water partition coefficient (Wildman–Crippen LogP) is 4.22. The SMILES string of the molecule is O=C(Cc1cccs1)Nc1cc(S(=O)(=O)Nc2ccc(Cl)cc2)ccc1N1CCOCC1. The third kappa shape index (κ3) is 5.60. The number of nitrogens with zero attached hydrogens (tertiary/aromatic N) is 1. The number of carbonyl (C=O) groups excluding carboxylic acids is 1. The van der Waals surface area contributed by atoms with Gasteiger partial charge in [-0.1, -0.05) is 17.7 Å². The van der Waals surface area contributed by atoms with Gasteiger partial charge in [-0.2, -0.15) is 0 Å². The van der Waals surface area contributed by atoms with Gasteiger partial charge in [0.15, 0.2) is 0 Å². The van der Waals surface area contributed by atoms with Gasteiger partial charge in [-0.25, -0.2) is 8.42 Å². The Morgan fingerprint density at radius 2 is 1.84 bits per heavy atom. The summed E-state index contributed by atoms with van der Waals surface area (Å²) in [4.78, 5) is 15.7. The molecule has 10 heteroatoms. The molecule has 1 aliphatic rings. The van der Waals surface area contributed by atoms with Crippen molar-refractivity contribution < 1.29 is 17.9 Å². The van der Waals surface area contributed by atoms with E-state index in [1.165, 1.54) is 23.5 Å². The number of rotatable bonds is 7. The zero-order valence-corrected chi connectivity index (χ0v) is 19.5. The van der Waals surface area contributed by atoms with E-state index in [0.717, 1.165) is 10.6 Å². The Hall–Kier alpha value is -2.59. The Kier molecular flexibility index (Phi) is 7.00. The van der Waals surface area contributed by atoms with Crippen LogP contribution in [-0.4, -0.2) is 40.6 Å². The molecule has 0 unspecified atom stereocenters. The molecule has 0 saturated carbocycles. The lowest BCUT2D eigenvalue weighted by Crippen LogP contribution is -2.37. The van der Waals surface area contributed by atoms with Crippen LogP contribution in [0.1, 0.15) is 4.88 Å². The van der Waals surface area contributed by atoms with E-state index >= 15 is 0 Å². The minimum atomic E-state index is -3.87. The first-order valence-electron chi connectivity index (χ1n) is 9.98. The maximum Gasteiger partial charge on any atom is 0.261 e. The summed E-state index contributed by atoms with van der Waals surface area (Å²) >= 11 is 7.38. The molecule has 7 nitrogen and oxygen atoms in total. The van der Waals surface area contributed by atoms with Crippen molar-refractivity contribution in [3.05, 3.63) is 69.9 Å². The number of hydrogen-bond acceptors (Lipinski definition) is 6. The van der Waals surface area contributed by atoms with Crippen molar-refractivity contribution >= 4 is 55.9 Å². The standard InChI is InChI=1S/C22H22ClN3O4S2/c23-16-3-5-17(6-4-16)25-32(28,29)19-7-8-21(26-9-11-30-12-10-26)20(15-19)24-22(27)14-18-2-1-13-31-18/h1-8,13,15,25H,9-12,14H2,(H,24,27). The van der Waals surface area contributed by atoms with Gasteiger partial charge in [0.05, 0.1) is 35.9 Å². The van der Waals surface area contributed by atoms with E-state index in [1.54, 1.807) is 30.3 Å². The topological polar surface area (TPSA) is 87.7 Å². The predicted molar refractivity (Wildman–Crippen MR) is 128 cm³/mol. The van der Waals surface area contributed by atoms with Crippen molar-refractivity contribution in [1.82, 2.24) is 0 Å². The van der Waals surface area contributed by atoms with Crippen molar-refractivity contribution in [3.8, 4) is 0 Å². The second kappa shape index (κ2) is 9.91. The summed E-state index contributed by atoms with van der Waals surface area (Å²) in [5.41, 5.74) is 1.61. The summed E-state index contributed by atoms with van der Waals surface area (Å²) in [6, 6.07) is 14.9. The quantitative estimate of drug-likeness (QED) is 0.516. The zero-order valence-electron chi connectivity index (χ0n) is 17.1. The second-order valence-corrected chi connectivity index (χ2v) is 10.3. The summed E-state index contributed by atoms with van der Waals surface area (Å²) in [6.45, 7) is 2.45. The maximum absolute atomic E-state index is 13.0. The first-order valence-corrected chi connectivity index (χ1v) is 12.7. The van der Waals surface area contributed by atoms with E-state index in [4.69, 9.17) is 16.3 Å². The molecule has 0 spiro atoms. The normalized spacial score (nSPS) is 14.2. The van der Waals surface area contributed by atoms with E-state index in [2.05, 4.69) is 14.9 Å². The number of nitrogens with one attached hydrogen (secondary N) is 2. The summed E-state index contributed by atoms with van der Waals surface area (Å²) in [5, 5.41) is 5.33. The molecular formula is C22H22ClN3O4S2. The Morgan fingerprint density at radius 3 is 2.53 bits per heavy atom. The van der Waals surface area contributed by atoms with Crippen molar-refractivity contribution in [1.29, 1.82) is 0 Å². The van der Waals surface area contributed by atoms with Crippen LogP contribution in [-0.2, 0) is 26.0 Å². The molecule has 1 amide bonds. The highest BCUT2D eigenvalue weighted by atomic mass is 35.5. The average molecular weight is 492 g/mol. The molecule has 4 rings (SSSR count). The molecule has 0 aliphatic carbocycles. The highest BCUT2D eigenvalue weighted by Gasteiger charge is 2.21. The zero-order chi connectivity index (χ0) is 22.6. The highest BCUT2D eigenvalue weighted by molar-refractivity contribution is 7.92. The molecular weight excluding hydrogens is 470 g/mol. The molecule has 3 aromatic rings. The first kappa shape index (κ1) is 22.6. The number of morpholine rings is 1. The van der Waals surface area contributed by atoms with Gasteiger partial charge in [0.2, 0.25) is 5.91 Å². The molecule has 0 radical (unpaired) electrons. The van der Waals surface area contributed by atoms with Crippen LogP contribution in [0.25, 0.3) is 0 Å². The molecule has 2 aromatic carbocycles. The number of carbonyl (C=O) groups is 1. The molecule has 2 N–H and O–H groups in total. The molecule has 0 bridgehead atoms. The fourth-order valence-corrected chi connectivity index (χ4v) is 5.27.